The molecular formula is C15H14N4O. The number of nitrogens with one attached hydrogen (secondary N) is 1. The van der Waals surface area contributed by atoms with Gasteiger partial charge in [-0.15, -0.1) is 0 Å². The van der Waals surface area contributed by atoms with Crippen molar-refractivity contribution < 1.29 is 4.74 Å². The van der Waals surface area contributed by atoms with Gasteiger partial charge in [0, 0.05) is 18.5 Å². The van der Waals surface area contributed by atoms with Crippen LogP contribution in [0.1, 0.15) is 19.3 Å². The number of aromatic nitrogens is 2. The van der Waals surface area contributed by atoms with E-state index in [0.29, 0.717) is 5.75 Å². The standard InChI is InChI=1S/C15H14N4O/c1-16-15(7-2-8-15)19-12-3-5-13(6-4-12)20-14-9-17-11-18-10-14/h3-6,9-11,19H,2,7-8H2. The lowest BCUT2D eigenvalue weighted by Crippen LogP contribution is -2.41. The highest BCUT2D eigenvalue weighted by molar-refractivity contribution is 5.50. The van der Waals surface area contributed by atoms with Crippen LogP contribution in [0, 0.1) is 6.57 Å². The lowest BCUT2D eigenvalue weighted by Gasteiger charge is -2.31. The Labute approximate surface area is 117 Å². The van der Waals surface area contributed by atoms with Crippen LogP contribution in [0.3, 0.4) is 0 Å². The molecule has 1 aliphatic rings. The Kier molecular flexibility index (Phi) is 3.21. The van der Waals surface area contributed by atoms with Gasteiger partial charge in [0.15, 0.2) is 5.75 Å². The Bertz CT molecular complexity index is 615. The molecule has 0 radical (unpaired) electrons. The fourth-order valence-corrected chi connectivity index (χ4v) is 2.13. The van der Waals surface area contributed by atoms with E-state index in [1.807, 2.05) is 24.3 Å². The Morgan fingerprint density at radius 3 is 2.35 bits per heavy atom. The second-order valence-electron chi connectivity index (χ2n) is 4.82. The molecule has 0 bridgehead atoms. The van der Waals surface area contributed by atoms with Gasteiger partial charge in [-0.2, -0.15) is 0 Å². The monoisotopic (exact) mass is 266 g/mol. The second kappa shape index (κ2) is 5.17. The third-order valence-corrected chi connectivity index (χ3v) is 3.40. The SMILES string of the molecule is [C-]#[N+]C1(Nc2ccc(Oc3cncnc3)cc2)CCC1. The molecule has 0 saturated heterocycles. The van der Waals surface area contributed by atoms with Crippen molar-refractivity contribution in [1.29, 1.82) is 0 Å². The van der Waals surface area contributed by atoms with Gasteiger partial charge in [0.25, 0.3) is 0 Å². The summed E-state index contributed by atoms with van der Waals surface area (Å²) in [6, 6.07) is 7.58. The molecular weight excluding hydrogens is 252 g/mol. The lowest BCUT2D eigenvalue weighted by molar-refractivity contribution is 0.343. The van der Waals surface area contributed by atoms with E-state index >= 15 is 0 Å². The highest BCUT2D eigenvalue weighted by Gasteiger charge is 2.43. The predicted molar refractivity (Wildman–Crippen MR) is 75.4 cm³/mol. The first kappa shape index (κ1) is 12.4. The average Bonchev–Trinajstić information content (AvgIpc) is 2.46. The number of hydrogen-bond acceptors (Lipinski definition) is 4. The van der Waals surface area contributed by atoms with Crippen LogP contribution in [-0.4, -0.2) is 15.6 Å². The van der Waals surface area contributed by atoms with Crippen LogP contribution < -0.4 is 10.1 Å². The highest BCUT2D eigenvalue weighted by Crippen LogP contribution is 2.36. The largest absolute Gasteiger partial charge is 0.454 e. The minimum absolute atomic E-state index is 0.393. The van der Waals surface area contributed by atoms with Gasteiger partial charge < -0.3 is 10.1 Å². The Hall–Kier alpha value is -2.61. The summed E-state index contributed by atoms with van der Waals surface area (Å²) < 4.78 is 5.62. The van der Waals surface area contributed by atoms with Gasteiger partial charge in [0.1, 0.15) is 12.1 Å². The first-order valence-electron chi connectivity index (χ1n) is 6.49. The number of anilines is 1. The first-order valence-corrected chi connectivity index (χ1v) is 6.49. The molecule has 2 aromatic rings. The zero-order valence-corrected chi connectivity index (χ0v) is 10.9. The predicted octanol–water partition coefficient (Wildman–Crippen LogP) is 3.48. The summed E-state index contributed by atoms with van der Waals surface area (Å²) in [5.74, 6) is 1.32. The van der Waals surface area contributed by atoms with Crippen LogP contribution in [0.15, 0.2) is 43.0 Å². The molecule has 1 saturated carbocycles. The fraction of sp³-hybridized carbons (Fsp3) is 0.267. The summed E-state index contributed by atoms with van der Waals surface area (Å²) in [6.07, 6.45) is 7.63. The van der Waals surface area contributed by atoms with Crippen LogP contribution in [0.5, 0.6) is 11.5 Å². The third kappa shape index (κ3) is 2.54. The van der Waals surface area contributed by atoms with Gasteiger partial charge in [-0.05, 0) is 30.7 Å². The van der Waals surface area contributed by atoms with E-state index in [1.54, 1.807) is 12.4 Å². The maximum atomic E-state index is 7.27. The van der Waals surface area contributed by atoms with Crippen LogP contribution in [0.2, 0.25) is 0 Å². The van der Waals surface area contributed by atoms with Crippen molar-refractivity contribution in [2.45, 2.75) is 24.9 Å². The Balaban J connectivity index is 1.67. The van der Waals surface area contributed by atoms with Crippen LogP contribution >= 0.6 is 0 Å². The van der Waals surface area contributed by atoms with Crippen LogP contribution in [-0.2, 0) is 0 Å². The van der Waals surface area contributed by atoms with Crippen molar-refractivity contribution in [3.8, 4) is 11.5 Å². The van der Waals surface area contributed by atoms with Gasteiger partial charge >= 0.3 is 5.66 Å². The number of ether oxygens (including phenoxy) is 1. The minimum Gasteiger partial charge on any atom is -0.454 e. The van der Waals surface area contributed by atoms with Crippen molar-refractivity contribution in [3.05, 3.63) is 54.4 Å². The molecule has 1 fully saturated rings. The summed E-state index contributed by atoms with van der Waals surface area (Å²) in [7, 11) is 0. The lowest BCUT2D eigenvalue weighted by atomic mass is 9.85. The molecule has 1 aliphatic carbocycles. The summed E-state index contributed by atoms with van der Waals surface area (Å²) in [6.45, 7) is 7.27. The number of benzene rings is 1. The molecule has 5 heteroatoms. The van der Waals surface area contributed by atoms with E-state index < -0.39 is 5.66 Å². The summed E-state index contributed by atoms with van der Waals surface area (Å²) in [5.41, 5.74) is 0.549. The molecule has 1 N–H and O–H groups in total. The van der Waals surface area contributed by atoms with Crippen LogP contribution in [0.4, 0.5) is 5.69 Å². The van der Waals surface area contributed by atoms with E-state index in [9.17, 15) is 0 Å². The third-order valence-electron chi connectivity index (χ3n) is 3.40. The maximum absolute atomic E-state index is 7.27. The molecule has 1 heterocycles. The van der Waals surface area contributed by atoms with Crippen molar-refractivity contribution in [2.75, 3.05) is 5.32 Å². The minimum atomic E-state index is -0.393. The average molecular weight is 266 g/mol. The summed E-state index contributed by atoms with van der Waals surface area (Å²) in [5, 5.41) is 3.30. The van der Waals surface area contributed by atoms with Gasteiger partial charge in [-0.1, -0.05) is 0 Å². The summed E-state index contributed by atoms with van der Waals surface area (Å²) in [4.78, 5) is 11.5. The smallest absolute Gasteiger partial charge is 0.305 e. The van der Waals surface area contributed by atoms with Gasteiger partial charge in [-0.3, -0.25) is 4.85 Å². The maximum Gasteiger partial charge on any atom is 0.305 e. The second-order valence-corrected chi connectivity index (χ2v) is 4.82. The number of nitrogens with zero attached hydrogens (tertiary/aromatic N) is 3. The molecule has 20 heavy (non-hydrogen) atoms. The van der Waals surface area contributed by atoms with Gasteiger partial charge in [0.2, 0.25) is 0 Å². The molecule has 0 aliphatic heterocycles. The van der Waals surface area contributed by atoms with E-state index in [4.69, 9.17) is 11.3 Å². The Morgan fingerprint density at radius 2 is 1.80 bits per heavy atom. The molecule has 0 amide bonds. The molecule has 100 valence electrons. The summed E-state index contributed by atoms with van der Waals surface area (Å²) >= 11 is 0. The van der Waals surface area contributed by atoms with Gasteiger partial charge in [-0.25, -0.2) is 16.5 Å². The highest BCUT2D eigenvalue weighted by atomic mass is 16.5. The quantitative estimate of drug-likeness (QED) is 0.861. The topological polar surface area (TPSA) is 51.4 Å². The molecule has 1 aromatic carbocycles. The normalized spacial score (nSPS) is 15.8. The number of rotatable bonds is 4. The van der Waals surface area contributed by atoms with E-state index in [1.165, 1.54) is 6.33 Å². The van der Waals surface area contributed by atoms with Gasteiger partial charge in [0.05, 0.1) is 12.4 Å². The van der Waals surface area contributed by atoms with E-state index in [0.717, 1.165) is 30.7 Å². The molecule has 5 nitrogen and oxygen atoms in total. The number of hydrogen-bond donors (Lipinski definition) is 1. The zero-order chi connectivity index (χ0) is 13.8. The molecule has 3 rings (SSSR count). The van der Waals surface area contributed by atoms with Crippen molar-refractivity contribution in [3.63, 3.8) is 0 Å². The molecule has 0 atom stereocenters. The van der Waals surface area contributed by atoms with E-state index in [-0.39, 0.29) is 0 Å². The zero-order valence-electron chi connectivity index (χ0n) is 10.9. The van der Waals surface area contributed by atoms with Crippen molar-refractivity contribution in [2.24, 2.45) is 0 Å². The van der Waals surface area contributed by atoms with Crippen molar-refractivity contribution >= 4 is 5.69 Å². The Morgan fingerprint density at radius 1 is 1.10 bits per heavy atom. The van der Waals surface area contributed by atoms with E-state index in [2.05, 4.69) is 20.1 Å². The molecule has 1 aromatic heterocycles. The van der Waals surface area contributed by atoms with Crippen LogP contribution in [0.25, 0.3) is 4.85 Å². The van der Waals surface area contributed by atoms with Crippen molar-refractivity contribution in [1.82, 2.24) is 9.97 Å². The molecule has 0 spiro atoms. The first-order chi connectivity index (χ1) is 9.80. The molecule has 0 unspecified atom stereocenters. The fourth-order valence-electron chi connectivity index (χ4n) is 2.13.